The lowest BCUT2D eigenvalue weighted by Gasteiger charge is -2.36. The van der Waals surface area contributed by atoms with Gasteiger partial charge >= 0.3 is 0 Å². The van der Waals surface area contributed by atoms with Gasteiger partial charge in [-0.25, -0.2) is 4.98 Å². The molecule has 29 heavy (non-hydrogen) atoms. The number of nitrogens with zero attached hydrogens (tertiary/aromatic N) is 4. The van der Waals surface area contributed by atoms with Crippen LogP contribution in [0.1, 0.15) is 45.2 Å². The minimum atomic E-state index is 0.0455. The number of hydrogen-bond acceptors (Lipinski definition) is 4. The van der Waals surface area contributed by atoms with Crippen LogP contribution in [0.15, 0.2) is 24.4 Å². The molecule has 4 heterocycles. The maximum absolute atomic E-state index is 13.2. The lowest BCUT2D eigenvalue weighted by Crippen LogP contribution is -2.49. The number of carbonyl (C=O) groups is 2. The van der Waals surface area contributed by atoms with Crippen molar-refractivity contribution >= 4 is 22.8 Å². The molecule has 3 atom stereocenters. The highest BCUT2D eigenvalue weighted by atomic mass is 16.5. The first kappa shape index (κ1) is 19.9. The van der Waals surface area contributed by atoms with E-state index in [1.54, 1.807) is 13.1 Å². The molecule has 0 radical (unpaired) electrons. The normalized spacial score (nSPS) is 25.4. The van der Waals surface area contributed by atoms with Crippen LogP contribution in [0, 0.1) is 0 Å². The van der Waals surface area contributed by atoms with E-state index in [-0.39, 0.29) is 36.5 Å². The van der Waals surface area contributed by atoms with Crippen molar-refractivity contribution in [3.05, 3.63) is 30.1 Å². The van der Waals surface area contributed by atoms with Crippen LogP contribution in [-0.2, 0) is 20.9 Å². The lowest BCUT2D eigenvalue weighted by atomic mass is 9.94. The Labute approximate surface area is 171 Å². The Balaban J connectivity index is 1.63. The molecule has 2 fully saturated rings. The second kappa shape index (κ2) is 8.14. The van der Waals surface area contributed by atoms with E-state index < -0.39 is 0 Å². The maximum atomic E-state index is 13.2. The molecule has 0 N–H and O–H groups in total. The fourth-order valence-electron chi connectivity index (χ4n) is 4.73. The summed E-state index contributed by atoms with van der Waals surface area (Å²) in [4.78, 5) is 33.5. The van der Waals surface area contributed by atoms with Gasteiger partial charge < -0.3 is 19.1 Å². The van der Waals surface area contributed by atoms with Crippen LogP contribution in [0.4, 0.5) is 0 Å². The van der Waals surface area contributed by atoms with E-state index in [4.69, 9.17) is 4.74 Å². The Bertz CT molecular complexity index is 899. The summed E-state index contributed by atoms with van der Waals surface area (Å²) in [7, 11) is 0. The molecule has 2 aromatic heterocycles. The maximum Gasteiger partial charge on any atom is 0.242 e. The molecule has 0 saturated carbocycles. The quantitative estimate of drug-likeness (QED) is 0.796. The number of likely N-dealkylation sites (tertiary alicyclic amines) is 1. The Morgan fingerprint density at radius 2 is 1.93 bits per heavy atom. The first-order valence-electron chi connectivity index (χ1n) is 10.5. The summed E-state index contributed by atoms with van der Waals surface area (Å²) in [6.45, 7) is 8.66. The Hall–Kier alpha value is -2.41. The molecule has 2 saturated heterocycles. The summed E-state index contributed by atoms with van der Waals surface area (Å²) < 4.78 is 7.84. The molecule has 0 bridgehead atoms. The van der Waals surface area contributed by atoms with Gasteiger partial charge in [-0.3, -0.25) is 9.59 Å². The van der Waals surface area contributed by atoms with Gasteiger partial charge in [-0.1, -0.05) is 0 Å². The molecular formula is C22H30N4O3. The van der Waals surface area contributed by atoms with E-state index in [1.165, 1.54) is 0 Å². The molecule has 156 valence electrons. The Morgan fingerprint density at radius 3 is 2.66 bits per heavy atom. The monoisotopic (exact) mass is 398 g/mol. The number of piperidine rings is 1. The lowest BCUT2D eigenvalue weighted by molar-refractivity contribution is -0.143. The van der Waals surface area contributed by atoms with E-state index in [0.29, 0.717) is 19.6 Å². The number of rotatable bonds is 3. The molecule has 2 amide bonds. The average Bonchev–Trinajstić information content (AvgIpc) is 3.06. The fraction of sp³-hybridized carbons (Fsp3) is 0.591. The van der Waals surface area contributed by atoms with Gasteiger partial charge in [0.2, 0.25) is 11.8 Å². The Kier molecular flexibility index (Phi) is 5.58. The molecule has 2 aliphatic heterocycles. The number of hydrogen-bond donors (Lipinski definition) is 0. The standard InChI is InChI=1S/C22H30N4O3/c1-15-11-25(12-16(2)29-15)21(28)14-26-20(10-18-6-4-8-23-22(18)26)19-7-5-9-24(13-19)17(3)27/h4,6,8,10,15-16,19H,5,7,9,11-14H2,1-3H3. The number of ether oxygens (including phenoxy) is 1. The van der Waals surface area contributed by atoms with Crippen molar-refractivity contribution in [3.63, 3.8) is 0 Å². The zero-order valence-electron chi connectivity index (χ0n) is 17.5. The minimum absolute atomic E-state index is 0.0455. The number of fused-ring (bicyclic) bond motifs is 1. The third-order valence-electron chi connectivity index (χ3n) is 6.04. The van der Waals surface area contributed by atoms with Gasteiger partial charge in [-0.2, -0.15) is 0 Å². The van der Waals surface area contributed by atoms with Crippen LogP contribution in [0.3, 0.4) is 0 Å². The van der Waals surface area contributed by atoms with Gasteiger partial charge in [0.25, 0.3) is 0 Å². The van der Waals surface area contributed by atoms with Gasteiger partial charge in [-0.15, -0.1) is 0 Å². The molecular weight excluding hydrogens is 368 g/mol. The third-order valence-corrected chi connectivity index (χ3v) is 6.04. The molecule has 4 rings (SSSR count). The number of carbonyl (C=O) groups excluding carboxylic acids is 2. The number of amides is 2. The SMILES string of the molecule is CC(=O)N1CCCC(c2cc3cccnc3n2CC(=O)N2CC(C)OC(C)C2)C1. The first-order valence-corrected chi connectivity index (χ1v) is 10.5. The molecule has 7 nitrogen and oxygen atoms in total. The first-order chi connectivity index (χ1) is 13.9. The highest BCUT2D eigenvalue weighted by Gasteiger charge is 2.29. The molecule has 0 spiro atoms. The van der Waals surface area contributed by atoms with Crippen LogP contribution in [-0.4, -0.2) is 69.6 Å². The van der Waals surface area contributed by atoms with Gasteiger partial charge in [0.15, 0.2) is 0 Å². The Morgan fingerprint density at radius 1 is 1.17 bits per heavy atom. The van der Waals surface area contributed by atoms with E-state index in [1.807, 2.05) is 35.8 Å². The van der Waals surface area contributed by atoms with Gasteiger partial charge in [0, 0.05) is 56.3 Å². The van der Waals surface area contributed by atoms with E-state index in [9.17, 15) is 9.59 Å². The highest BCUT2D eigenvalue weighted by molar-refractivity contribution is 5.82. The molecule has 0 aliphatic carbocycles. The summed E-state index contributed by atoms with van der Waals surface area (Å²) in [5, 5.41) is 1.04. The van der Waals surface area contributed by atoms with E-state index in [0.717, 1.165) is 36.1 Å². The van der Waals surface area contributed by atoms with Crippen LogP contribution in [0.2, 0.25) is 0 Å². The van der Waals surface area contributed by atoms with E-state index in [2.05, 4.69) is 15.6 Å². The summed E-state index contributed by atoms with van der Waals surface area (Å²) in [6.07, 6.45) is 3.86. The molecule has 0 aromatic carbocycles. The van der Waals surface area contributed by atoms with Crippen LogP contribution >= 0.6 is 0 Å². The van der Waals surface area contributed by atoms with Crippen LogP contribution < -0.4 is 0 Å². The third kappa shape index (κ3) is 4.15. The molecule has 3 unspecified atom stereocenters. The van der Waals surface area contributed by atoms with Gasteiger partial charge in [-0.05, 0) is 44.9 Å². The highest BCUT2D eigenvalue weighted by Crippen LogP contribution is 2.31. The molecule has 2 aliphatic rings. The number of morpholine rings is 1. The molecule has 7 heteroatoms. The van der Waals surface area contributed by atoms with Crippen molar-refractivity contribution in [1.82, 2.24) is 19.4 Å². The summed E-state index contributed by atoms with van der Waals surface area (Å²) >= 11 is 0. The predicted octanol–water partition coefficient (Wildman–Crippen LogP) is 2.40. The fourth-order valence-corrected chi connectivity index (χ4v) is 4.73. The van der Waals surface area contributed by atoms with Crippen molar-refractivity contribution < 1.29 is 14.3 Å². The average molecular weight is 399 g/mol. The van der Waals surface area contributed by atoms with Crippen molar-refractivity contribution in [2.24, 2.45) is 0 Å². The summed E-state index contributed by atoms with van der Waals surface area (Å²) in [5.41, 5.74) is 1.94. The van der Waals surface area contributed by atoms with Crippen molar-refractivity contribution in [3.8, 4) is 0 Å². The van der Waals surface area contributed by atoms with Gasteiger partial charge in [0.1, 0.15) is 12.2 Å². The van der Waals surface area contributed by atoms with Crippen molar-refractivity contribution in [2.45, 2.75) is 58.3 Å². The second-order valence-electron chi connectivity index (χ2n) is 8.43. The van der Waals surface area contributed by atoms with Crippen molar-refractivity contribution in [1.29, 1.82) is 0 Å². The topological polar surface area (TPSA) is 67.7 Å². The van der Waals surface area contributed by atoms with Crippen LogP contribution in [0.5, 0.6) is 0 Å². The number of pyridine rings is 1. The zero-order valence-corrected chi connectivity index (χ0v) is 17.5. The number of aromatic nitrogens is 2. The zero-order chi connectivity index (χ0) is 20.5. The summed E-state index contributed by atoms with van der Waals surface area (Å²) in [6, 6.07) is 6.11. The largest absolute Gasteiger partial charge is 0.372 e. The second-order valence-corrected chi connectivity index (χ2v) is 8.43. The van der Waals surface area contributed by atoms with Gasteiger partial charge in [0.05, 0.1) is 12.2 Å². The smallest absolute Gasteiger partial charge is 0.242 e. The summed E-state index contributed by atoms with van der Waals surface area (Å²) in [5.74, 6) is 0.427. The minimum Gasteiger partial charge on any atom is -0.372 e. The van der Waals surface area contributed by atoms with Crippen LogP contribution in [0.25, 0.3) is 11.0 Å². The predicted molar refractivity (Wildman–Crippen MR) is 111 cm³/mol. The van der Waals surface area contributed by atoms with Crippen molar-refractivity contribution in [2.75, 3.05) is 26.2 Å². The van der Waals surface area contributed by atoms with E-state index >= 15 is 0 Å². The molecule has 2 aromatic rings.